The van der Waals surface area contributed by atoms with Gasteiger partial charge in [0.2, 0.25) is 5.91 Å². The summed E-state index contributed by atoms with van der Waals surface area (Å²) in [6.07, 6.45) is 9.45. The molecule has 6 heteroatoms. The first-order chi connectivity index (χ1) is 13.7. The third-order valence-corrected chi connectivity index (χ3v) is 6.19. The van der Waals surface area contributed by atoms with Crippen LogP contribution >= 0.6 is 11.3 Å². The van der Waals surface area contributed by atoms with Gasteiger partial charge >= 0.3 is 0 Å². The summed E-state index contributed by atoms with van der Waals surface area (Å²) in [4.78, 5) is 30.4. The van der Waals surface area contributed by atoms with Crippen molar-refractivity contribution in [2.45, 2.75) is 38.6 Å². The van der Waals surface area contributed by atoms with Crippen molar-refractivity contribution in [3.05, 3.63) is 64.7 Å². The van der Waals surface area contributed by atoms with Gasteiger partial charge in [0.15, 0.2) is 0 Å². The highest BCUT2D eigenvalue weighted by Gasteiger charge is 2.12. The van der Waals surface area contributed by atoms with Crippen LogP contribution in [0, 0.1) is 0 Å². The Balaban J connectivity index is 1.43. The van der Waals surface area contributed by atoms with Crippen LogP contribution in [-0.4, -0.2) is 22.0 Å². The minimum Gasteiger partial charge on any atom is -0.354 e. The summed E-state index contributed by atoms with van der Waals surface area (Å²) in [5.74, 6) is -0.153. The van der Waals surface area contributed by atoms with Crippen molar-refractivity contribution in [1.82, 2.24) is 14.9 Å². The Labute approximate surface area is 167 Å². The van der Waals surface area contributed by atoms with Crippen molar-refractivity contribution < 1.29 is 4.79 Å². The lowest BCUT2D eigenvalue weighted by Crippen LogP contribution is -2.32. The molecule has 0 aliphatic heterocycles. The lowest BCUT2D eigenvalue weighted by atomic mass is 9.97. The van der Waals surface area contributed by atoms with Crippen LogP contribution in [0.3, 0.4) is 0 Å². The van der Waals surface area contributed by atoms with Gasteiger partial charge in [-0.3, -0.25) is 14.2 Å². The first-order valence-corrected chi connectivity index (χ1v) is 10.5. The number of fused-ring (bicyclic) bond motifs is 1. The van der Waals surface area contributed by atoms with Crippen molar-refractivity contribution >= 4 is 27.5 Å². The van der Waals surface area contributed by atoms with Crippen LogP contribution in [0.5, 0.6) is 0 Å². The predicted octanol–water partition coefficient (Wildman–Crippen LogP) is 4.13. The molecule has 1 aromatic carbocycles. The standard InChI is InChI=1S/C22H23N3O2S/c26-20(23-12-11-16-7-3-1-4-8-16)14-25-15-24-18-13-19(28-21(18)22(25)27)17-9-5-2-6-10-17/h2,5-7,9-10,13,15H,1,3-4,8,11-12,14H2,(H,23,26). The molecule has 0 radical (unpaired) electrons. The molecule has 1 aliphatic carbocycles. The van der Waals surface area contributed by atoms with Gasteiger partial charge in [-0.2, -0.15) is 0 Å². The van der Waals surface area contributed by atoms with E-state index in [1.54, 1.807) is 0 Å². The van der Waals surface area contributed by atoms with Gasteiger partial charge < -0.3 is 5.32 Å². The van der Waals surface area contributed by atoms with E-state index in [0.717, 1.165) is 29.7 Å². The molecule has 0 spiro atoms. The van der Waals surface area contributed by atoms with Gasteiger partial charge in [0.25, 0.3) is 5.56 Å². The quantitative estimate of drug-likeness (QED) is 0.641. The predicted molar refractivity (Wildman–Crippen MR) is 113 cm³/mol. The normalized spacial score (nSPS) is 14.1. The number of carbonyl (C=O) groups excluding carboxylic acids is 1. The van der Waals surface area contributed by atoms with E-state index in [9.17, 15) is 9.59 Å². The molecule has 1 N–H and O–H groups in total. The SMILES string of the molecule is O=C(Cn1cnc2cc(-c3ccccc3)sc2c1=O)NCCC1=CCCCC1. The van der Waals surface area contributed by atoms with Crippen LogP contribution in [0.15, 0.2) is 59.2 Å². The monoisotopic (exact) mass is 393 g/mol. The first kappa shape index (κ1) is 18.6. The molecule has 0 unspecified atom stereocenters. The second kappa shape index (κ2) is 8.52. The average molecular weight is 394 g/mol. The van der Waals surface area contributed by atoms with Crippen molar-refractivity contribution in [3.63, 3.8) is 0 Å². The number of nitrogens with one attached hydrogen (secondary N) is 1. The van der Waals surface area contributed by atoms with Crippen molar-refractivity contribution in [2.75, 3.05) is 6.54 Å². The van der Waals surface area contributed by atoms with Crippen LogP contribution in [0.2, 0.25) is 0 Å². The summed E-state index contributed by atoms with van der Waals surface area (Å²) in [5.41, 5.74) is 3.00. The molecular formula is C22H23N3O2S. The molecule has 3 aromatic rings. The zero-order valence-corrected chi connectivity index (χ0v) is 16.5. The number of rotatable bonds is 6. The van der Waals surface area contributed by atoms with Gasteiger partial charge in [0, 0.05) is 11.4 Å². The molecule has 0 atom stereocenters. The highest BCUT2D eigenvalue weighted by atomic mass is 32.1. The Hall–Kier alpha value is -2.73. The van der Waals surface area contributed by atoms with E-state index >= 15 is 0 Å². The number of benzene rings is 1. The third-order valence-electron chi connectivity index (χ3n) is 5.03. The van der Waals surface area contributed by atoms with Crippen molar-refractivity contribution in [2.24, 2.45) is 0 Å². The number of hydrogen-bond donors (Lipinski definition) is 1. The number of amides is 1. The Morgan fingerprint density at radius 1 is 1.21 bits per heavy atom. The van der Waals surface area contributed by atoms with Crippen LogP contribution in [0.4, 0.5) is 0 Å². The van der Waals surface area contributed by atoms with E-state index in [2.05, 4.69) is 16.4 Å². The van der Waals surface area contributed by atoms with Crippen LogP contribution in [-0.2, 0) is 11.3 Å². The zero-order valence-electron chi connectivity index (χ0n) is 15.7. The van der Waals surface area contributed by atoms with Gasteiger partial charge in [-0.15, -0.1) is 11.3 Å². The Kier molecular flexibility index (Phi) is 5.67. The summed E-state index contributed by atoms with van der Waals surface area (Å²) in [6.45, 7) is 0.617. The molecule has 0 bridgehead atoms. The van der Waals surface area contributed by atoms with E-state index in [0.29, 0.717) is 16.8 Å². The van der Waals surface area contributed by atoms with Crippen molar-refractivity contribution in [3.8, 4) is 10.4 Å². The number of allylic oxidation sites excluding steroid dienone is 1. The molecule has 4 rings (SSSR count). The Morgan fingerprint density at radius 2 is 2.07 bits per heavy atom. The molecule has 2 aromatic heterocycles. The number of hydrogen-bond acceptors (Lipinski definition) is 4. The van der Waals surface area contributed by atoms with E-state index in [-0.39, 0.29) is 18.0 Å². The minimum absolute atomic E-state index is 0.000604. The summed E-state index contributed by atoms with van der Waals surface area (Å²) >= 11 is 1.42. The lowest BCUT2D eigenvalue weighted by molar-refractivity contribution is -0.121. The third kappa shape index (κ3) is 4.22. The van der Waals surface area contributed by atoms with Gasteiger partial charge in [-0.1, -0.05) is 42.0 Å². The van der Waals surface area contributed by atoms with E-state index < -0.39 is 0 Å². The number of aromatic nitrogens is 2. The summed E-state index contributed by atoms with van der Waals surface area (Å²) in [7, 11) is 0. The van der Waals surface area contributed by atoms with Gasteiger partial charge in [0.1, 0.15) is 11.2 Å². The fraction of sp³-hybridized carbons (Fsp3) is 0.318. The van der Waals surface area contributed by atoms with Crippen LogP contribution < -0.4 is 10.9 Å². The summed E-state index contributed by atoms with van der Waals surface area (Å²) in [6, 6.07) is 11.9. The molecule has 0 saturated carbocycles. The topological polar surface area (TPSA) is 64.0 Å². The molecule has 28 heavy (non-hydrogen) atoms. The fourth-order valence-corrected chi connectivity index (χ4v) is 4.57. The molecule has 0 fully saturated rings. The van der Waals surface area contributed by atoms with Crippen LogP contribution in [0.25, 0.3) is 20.7 Å². The summed E-state index contributed by atoms with van der Waals surface area (Å²) in [5, 5.41) is 2.92. The second-order valence-corrected chi connectivity index (χ2v) is 8.13. The molecule has 144 valence electrons. The maximum Gasteiger partial charge on any atom is 0.271 e. The summed E-state index contributed by atoms with van der Waals surface area (Å²) < 4.78 is 1.98. The smallest absolute Gasteiger partial charge is 0.271 e. The van der Waals surface area contributed by atoms with E-state index in [1.165, 1.54) is 40.6 Å². The molecule has 0 saturated heterocycles. The first-order valence-electron chi connectivity index (χ1n) is 9.70. The number of carbonyl (C=O) groups is 1. The van der Waals surface area contributed by atoms with E-state index in [1.807, 2.05) is 36.4 Å². The molecular weight excluding hydrogens is 370 g/mol. The fourth-order valence-electron chi connectivity index (χ4n) is 3.51. The maximum absolute atomic E-state index is 12.8. The molecule has 1 aliphatic rings. The lowest BCUT2D eigenvalue weighted by Gasteiger charge is -2.13. The largest absolute Gasteiger partial charge is 0.354 e. The van der Waals surface area contributed by atoms with E-state index in [4.69, 9.17) is 0 Å². The molecule has 2 heterocycles. The highest BCUT2D eigenvalue weighted by molar-refractivity contribution is 7.22. The molecule has 5 nitrogen and oxygen atoms in total. The van der Waals surface area contributed by atoms with Crippen molar-refractivity contribution in [1.29, 1.82) is 0 Å². The molecule has 1 amide bonds. The van der Waals surface area contributed by atoms with Gasteiger partial charge in [-0.05, 0) is 43.7 Å². The average Bonchev–Trinajstić information content (AvgIpc) is 3.17. The second-order valence-electron chi connectivity index (χ2n) is 7.08. The highest BCUT2D eigenvalue weighted by Crippen LogP contribution is 2.30. The van der Waals surface area contributed by atoms with Gasteiger partial charge in [-0.25, -0.2) is 4.98 Å². The Bertz CT molecular complexity index is 1070. The number of nitrogens with zero attached hydrogens (tertiary/aromatic N) is 2. The number of thiophene rings is 1. The maximum atomic E-state index is 12.8. The Morgan fingerprint density at radius 3 is 2.86 bits per heavy atom. The minimum atomic E-state index is -0.165. The zero-order chi connectivity index (χ0) is 19.3. The van der Waals surface area contributed by atoms with Crippen LogP contribution in [0.1, 0.15) is 32.1 Å². The van der Waals surface area contributed by atoms with Gasteiger partial charge in [0.05, 0.1) is 11.8 Å².